The minimum atomic E-state index is -1.10. The van der Waals surface area contributed by atoms with Gasteiger partial charge in [0, 0.05) is 12.5 Å². The average molecular weight is 230 g/mol. The highest BCUT2D eigenvalue weighted by molar-refractivity contribution is 5.93. The third-order valence-corrected chi connectivity index (χ3v) is 1.15. The summed E-state index contributed by atoms with van der Waals surface area (Å²) >= 11 is 0. The van der Waals surface area contributed by atoms with Crippen LogP contribution in [0.4, 0.5) is 0 Å². The predicted molar refractivity (Wildman–Crippen MR) is 55.0 cm³/mol. The van der Waals surface area contributed by atoms with Gasteiger partial charge in [-0.15, -0.1) is 0 Å². The Balaban J connectivity index is 0. The van der Waals surface area contributed by atoms with Gasteiger partial charge in [-0.1, -0.05) is 0 Å². The Labute approximate surface area is 92.6 Å². The SMILES string of the molecule is CC(=O)/C=C\C(=O)O.CC(=O)CCC(=O)O. The topological polar surface area (TPSA) is 109 Å². The van der Waals surface area contributed by atoms with Gasteiger partial charge in [-0.2, -0.15) is 0 Å². The highest BCUT2D eigenvalue weighted by Gasteiger charge is 1.97. The van der Waals surface area contributed by atoms with E-state index in [0.717, 1.165) is 12.2 Å². The third kappa shape index (κ3) is 22.7. The molecule has 0 aromatic heterocycles. The van der Waals surface area contributed by atoms with Gasteiger partial charge in [-0.3, -0.25) is 9.59 Å². The summed E-state index contributed by atoms with van der Waals surface area (Å²) in [4.78, 5) is 39.5. The van der Waals surface area contributed by atoms with Crippen molar-refractivity contribution in [1.82, 2.24) is 0 Å². The van der Waals surface area contributed by atoms with Crippen molar-refractivity contribution in [3.8, 4) is 0 Å². The van der Waals surface area contributed by atoms with Crippen molar-refractivity contribution in [2.75, 3.05) is 0 Å². The maximum Gasteiger partial charge on any atom is 0.328 e. The van der Waals surface area contributed by atoms with Crippen molar-refractivity contribution in [1.29, 1.82) is 0 Å². The fraction of sp³-hybridized carbons (Fsp3) is 0.400. The van der Waals surface area contributed by atoms with E-state index >= 15 is 0 Å². The van der Waals surface area contributed by atoms with E-state index in [0.29, 0.717) is 0 Å². The van der Waals surface area contributed by atoms with Crippen molar-refractivity contribution < 1.29 is 29.4 Å². The molecule has 0 aliphatic rings. The second-order valence-corrected chi connectivity index (χ2v) is 2.88. The Hall–Kier alpha value is -1.98. The smallest absolute Gasteiger partial charge is 0.328 e. The molecular weight excluding hydrogens is 216 g/mol. The zero-order chi connectivity index (χ0) is 13.1. The first kappa shape index (κ1) is 16.4. The van der Waals surface area contributed by atoms with Crippen molar-refractivity contribution in [3.63, 3.8) is 0 Å². The molecule has 0 aliphatic carbocycles. The molecule has 0 bridgehead atoms. The van der Waals surface area contributed by atoms with Crippen molar-refractivity contribution in [2.24, 2.45) is 0 Å². The molecule has 2 N–H and O–H groups in total. The summed E-state index contributed by atoms with van der Waals surface area (Å²) in [6.45, 7) is 2.67. The average Bonchev–Trinajstić information content (AvgIpc) is 2.12. The van der Waals surface area contributed by atoms with Gasteiger partial charge in [-0.05, 0) is 19.9 Å². The van der Waals surface area contributed by atoms with Crippen LogP contribution < -0.4 is 0 Å². The quantitative estimate of drug-likeness (QED) is 0.671. The summed E-state index contributed by atoms with van der Waals surface area (Å²) in [5.41, 5.74) is 0. The molecule has 0 unspecified atom stereocenters. The number of carbonyl (C=O) groups excluding carboxylic acids is 2. The third-order valence-electron chi connectivity index (χ3n) is 1.15. The van der Waals surface area contributed by atoms with Crippen LogP contribution >= 0.6 is 0 Å². The van der Waals surface area contributed by atoms with Gasteiger partial charge in [0.05, 0.1) is 6.42 Å². The first-order valence-corrected chi connectivity index (χ1v) is 4.38. The van der Waals surface area contributed by atoms with Gasteiger partial charge in [0.2, 0.25) is 0 Å². The Bertz CT molecular complexity index is 272. The van der Waals surface area contributed by atoms with Crippen LogP contribution in [0.25, 0.3) is 0 Å². The van der Waals surface area contributed by atoms with Gasteiger partial charge in [0.15, 0.2) is 5.78 Å². The summed E-state index contributed by atoms with van der Waals surface area (Å²) in [5, 5.41) is 15.9. The Morgan fingerprint density at radius 2 is 1.44 bits per heavy atom. The molecule has 0 heterocycles. The van der Waals surface area contributed by atoms with E-state index in [1.54, 1.807) is 0 Å². The number of aliphatic carboxylic acids is 2. The molecule has 0 aromatic carbocycles. The summed E-state index contributed by atoms with van der Waals surface area (Å²) in [7, 11) is 0. The number of ketones is 2. The monoisotopic (exact) mass is 230 g/mol. The molecule has 0 aliphatic heterocycles. The summed E-state index contributed by atoms with van der Waals surface area (Å²) < 4.78 is 0. The molecule has 90 valence electrons. The van der Waals surface area contributed by atoms with Gasteiger partial charge in [0.25, 0.3) is 0 Å². The Morgan fingerprint density at radius 3 is 1.56 bits per heavy atom. The summed E-state index contributed by atoms with van der Waals surface area (Å²) in [5.74, 6) is -2.35. The first-order chi connectivity index (χ1) is 7.25. The van der Waals surface area contributed by atoms with Gasteiger partial charge >= 0.3 is 11.9 Å². The van der Waals surface area contributed by atoms with Crippen molar-refractivity contribution in [2.45, 2.75) is 26.7 Å². The van der Waals surface area contributed by atoms with Gasteiger partial charge < -0.3 is 15.0 Å². The lowest BCUT2D eigenvalue weighted by Crippen LogP contribution is -1.98. The van der Waals surface area contributed by atoms with E-state index in [4.69, 9.17) is 10.2 Å². The number of carboxylic acids is 2. The number of rotatable bonds is 5. The molecule has 16 heavy (non-hydrogen) atoms. The lowest BCUT2D eigenvalue weighted by molar-refractivity contribution is -0.138. The molecule has 6 nitrogen and oxygen atoms in total. The number of allylic oxidation sites excluding steroid dienone is 1. The minimum Gasteiger partial charge on any atom is -0.481 e. The van der Waals surface area contributed by atoms with Crippen LogP contribution in [0.1, 0.15) is 26.7 Å². The van der Waals surface area contributed by atoms with Crippen LogP contribution in [0, 0.1) is 0 Å². The highest BCUT2D eigenvalue weighted by atomic mass is 16.4. The molecule has 0 atom stereocenters. The standard InChI is InChI=1S/C5H8O3.C5H6O3/c2*1-4(6)2-3-5(7)8/h2-3H2,1H3,(H,7,8);2-3H,1H3,(H,7,8)/b;3-2-. The molecule has 6 heteroatoms. The van der Waals surface area contributed by atoms with Crippen LogP contribution in [0.5, 0.6) is 0 Å². The number of carboxylic acid groups (broad SMARTS) is 2. The largest absolute Gasteiger partial charge is 0.481 e. The maximum atomic E-state index is 10.1. The molecule has 0 radical (unpaired) electrons. The second kappa shape index (κ2) is 9.57. The second-order valence-electron chi connectivity index (χ2n) is 2.88. The molecule has 0 fully saturated rings. The fourth-order valence-electron chi connectivity index (χ4n) is 0.472. The predicted octanol–water partition coefficient (Wildman–Crippen LogP) is 0.656. The highest BCUT2D eigenvalue weighted by Crippen LogP contribution is 1.87. The van der Waals surface area contributed by atoms with Gasteiger partial charge in [-0.25, -0.2) is 4.79 Å². The molecule has 0 amide bonds. The molecule has 0 aromatic rings. The van der Waals surface area contributed by atoms with Gasteiger partial charge in [0.1, 0.15) is 5.78 Å². The van der Waals surface area contributed by atoms with E-state index < -0.39 is 11.9 Å². The van der Waals surface area contributed by atoms with Crippen LogP contribution in [-0.2, 0) is 19.2 Å². The fourth-order valence-corrected chi connectivity index (χ4v) is 0.472. The molecule has 0 saturated heterocycles. The van der Waals surface area contributed by atoms with E-state index in [-0.39, 0.29) is 24.4 Å². The van der Waals surface area contributed by atoms with E-state index in [2.05, 4.69) is 0 Å². The summed E-state index contributed by atoms with van der Waals surface area (Å²) in [6, 6.07) is 0. The molecule has 0 spiro atoms. The Kier molecular flexibility index (Phi) is 9.84. The minimum absolute atomic E-state index is 0.0463. The zero-order valence-corrected chi connectivity index (χ0v) is 9.10. The molecular formula is C10H14O6. The normalized spacial score (nSPS) is 9.12. The maximum absolute atomic E-state index is 10.1. The van der Waals surface area contributed by atoms with Crippen molar-refractivity contribution >= 4 is 23.5 Å². The summed E-state index contributed by atoms with van der Waals surface area (Å²) in [6.07, 6.45) is 1.91. The van der Waals surface area contributed by atoms with Crippen LogP contribution in [-0.4, -0.2) is 33.7 Å². The lowest BCUT2D eigenvalue weighted by atomic mass is 10.2. The van der Waals surface area contributed by atoms with E-state index in [1.165, 1.54) is 13.8 Å². The van der Waals surface area contributed by atoms with Crippen molar-refractivity contribution in [3.05, 3.63) is 12.2 Å². The number of carbonyl (C=O) groups is 4. The molecule has 0 rings (SSSR count). The van der Waals surface area contributed by atoms with E-state index in [1.807, 2.05) is 0 Å². The number of Topliss-reactive ketones (excluding diaryl/α,β-unsaturated/α-hetero) is 1. The number of hydrogen-bond acceptors (Lipinski definition) is 4. The lowest BCUT2D eigenvalue weighted by Gasteiger charge is -1.86. The Morgan fingerprint density at radius 1 is 0.938 bits per heavy atom. The van der Waals surface area contributed by atoms with Crippen LogP contribution in [0.15, 0.2) is 12.2 Å². The van der Waals surface area contributed by atoms with E-state index in [9.17, 15) is 19.2 Å². The number of hydrogen-bond donors (Lipinski definition) is 2. The molecule has 0 saturated carbocycles. The van der Waals surface area contributed by atoms with Crippen LogP contribution in [0.3, 0.4) is 0 Å². The van der Waals surface area contributed by atoms with Crippen LogP contribution in [0.2, 0.25) is 0 Å². The first-order valence-electron chi connectivity index (χ1n) is 4.38. The zero-order valence-electron chi connectivity index (χ0n) is 9.10.